The maximum Gasteiger partial charge on any atom is 0.416 e. The summed E-state index contributed by atoms with van der Waals surface area (Å²) in [5.74, 6) is 0.804. The van der Waals surface area contributed by atoms with Gasteiger partial charge in [-0.2, -0.15) is 13.2 Å². The van der Waals surface area contributed by atoms with E-state index in [2.05, 4.69) is 10.2 Å². The molecule has 1 saturated carbocycles. The summed E-state index contributed by atoms with van der Waals surface area (Å²) in [5.41, 5.74) is 0.388. The molecule has 21 heavy (non-hydrogen) atoms. The Bertz CT molecular complexity index is 465. The Kier molecular flexibility index (Phi) is 4.22. The Morgan fingerprint density at radius 2 is 1.86 bits per heavy atom. The van der Waals surface area contributed by atoms with E-state index in [1.807, 2.05) is 0 Å². The highest BCUT2D eigenvalue weighted by molar-refractivity contribution is 5.24. The predicted molar refractivity (Wildman–Crippen MR) is 75.9 cm³/mol. The zero-order valence-corrected chi connectivity index (χ0v) is 12.0. The molecule has 1 N–H and O–H groups in total. The van der Waals surface area contributed by atoms with Crippen LogP contribution in [0.1, 0.15) is 30.4 Å². The minimum Gasteiger partial charge on any atom is -0.312 e. The van der Waals surface area contributed by atoms with Gasteiger partial charge >= 0.3 is 6.18 Å². The van der Waals surface area contributed by atoms with Crippen LogP contribution in [0.15, 0.2) is 24.3 Å². The highest BCUT2D eigenvalue weighted by atomic mass is 19.4. The first-order valence-electron chi connectivity index (χ1n) is 7.64. The predicted octanol–water partition coefficient (Wildman–Crippen LogP) is 3.28. The van der Waals surface area contributed by atoms with E-state index in [1.54, 1.807) is 12.1 Å². The van der Waals surface area contributed by atoms with Gasteiger partial charge in [0.1, 0.15) is 0 Å². The lowest BCUT2D eigenvalue weighted by atomic mass is 10.1. The van der Waals surface area contributed by atoms with Crippen LogP contribution >= 0.6 is 0 Å². The van der Waals surface area contributed by atoms with Crippen LogP contribution in [0.4, 0.5) is 13.2 Å². The molecule has 1 aliphatic carbocycles. The van der Waals surface area contributed by atoms with Crippen molar-refractivity contribution in [3.8, 4) is 0 Å². The van der Waals surface area contributed by atoms with E-state index in [9.17, 15) is 13.2 Å². The third-order valence-corrected chi connectivity index (χ3v) is 4.39. The minimum absolute atomic E-state index is 0.557. The molecule has 0 amide bonds. The van der Waals surface area contributed by atoms with Gasteiger partial charge in [0.25, 0.3) is 0 Å². The van der Waals surface area contributed by atoms with E-state index < -0.39 is 11.7 Å². The largest absolute Gasteiger partial charge is 0.416 e. The van der Waals surface area contributed by atoms with Crippen LogP contribution in [-0.4, -0.2) is 30.6 Å². The zero-order valence-electron chi connectivity index (χ0n) is 12.0. The van der Waals surface area contributed by atoms with Gasteiger partial charge in [-0.05, 0) is 56.0 Å². The van der Waals surface area contributed by atoms with Crippen molar-refractivity contribution in [3.05, 3.63) is 35.4 Å². The third-order valence-electron chi connectivity index (χ3n) is 4.39. The Morgan fingerprint density at radius 1 is 1.14 bits per heavy atom. The van der Waals surface area contributed by atoms with Crippen LogP contribution in [0.3, 0.4) is 0 Å². The average Bonchev–Trinajstić information content (AvgIpc) is 3.25. The van der Waals surface area contributed by atoms with Gasteiger partial charge in [0, 0.05) is 19.1 Å². The van der Waals surface area contributed by atoms with Gasteiger partial charge in [-0.25, -0.2) is 0 Å². The molecule has 0 aromatic heterocycles. The zero-order chi connectivity index (χ0) is 14.9. The van der Waals surface area contributed by atoms with Gasteiger partial charge in [0.05, 0.1) is 5.56 Å². The second kappa shape index (κ2) is 5.97. The SMILES string of the molecule is FC(F)(F)c1ccc(CN2CCCNC(C3CC3)C2)cc1. The molecule has 1 aromatic carbocycles. The Morgan fingerprint density at radius 3 is 2.48 bits per heavy atom. The number of hydrogen-bond donors (Lipinski definition) is 1. The van der Waals surface area contributed by atoms with E-state index in [4.69, 9.17) is 0 Å². The molecule has 1 aliphatic heterocycles. The average molecular weight is 298 g/mol. The molecule has 3 rings (SSSR count). The fourth-order valence-corrected chi connectivity index (χ4v) is 3.04. The molecule has 5 heteroatoms. The molecule has 1 unspecified atom stereocenters. The summed E-state index contributed by atoms with van der Waals surface area (Å²) in [4.78, 5) is 2.37. The lowest BCUT2D eigenvalue weighted by Gasteiger charge is -2.24. The van der Waals surface area contributed by atoms with Gasteiger partial charge in [-0.1, -0.05) is 12.1 Å². The van der Waals surface area contributed by atoms with Gasteiger partial charge in [0.15, 0.2) is 0 Å². The van der Waals surface area contributed by atoms with Crippen molar-refractivity contribution in [2.24, 2.45) is 5.92 Å². The first-order valence-corrected chi connectivity index (χ1v) is 7.64. The maximum absolute atomic E-state index is 12.6. The highest BCUT2D eigenvalue weighted by Gasteiger charge is 2.33. The van der Waals surface area contributed by atoms with Crippen molar-refractivity contribution in [1.29, 1.82) is 0 Å². The quantitative estimate of drug-likeness (QED) is 0.921. The molecule has 0 bridgehead atoms. The van der Waals surface area contributed by atoms with E-state index in [-0.39, 0.29) is 0 Å². The van der Waals surface area contributed by atoms with E-state index in [0.29, 0.717) is 6.04 Å². The van der Waals surface area contributed by atoms with Crippen LogP contribution in [0.5, 0.6) is 0 Å². The monoisotopic (exact) mass is 298 g/mol. The first-order chi connectivity index (χ1) is 10.0. The molecule has 1 atom stereocenters. The molecule has 0 radical (unpaired) electrons. The summed E-state index contributed by atoms with van der Waals surface area (Å²) in [6.07, 6.45) is -0.524. The van der Waals surface area contributed by atoms with E-state index in [0.717, 1.165) is 44.1 Å². The normalized spacial score (nSPS) is 24.8. The van der Waals surface area contributed by atoms with Crippen LogP contribution in [-0.2, 0) is 12.7 Å². The second-order valence-electron chi connectivity index (χ2n) is 6.18. The topological polar surface area (TPSA) is 15.3 Å². The Labute approximate surface area is 123 Å². The summed E-state index contributed by atoms with van der Waals surface area (Å²) in [7, 11) is 0. The van der Waals surface area contributed by atoms with Crippen molar-refractivity contribution in [2.75, 3.05) is 19.6 Å². The molecule has 2 fully saturated rings. The maximum atomic E-state index is 12.6. The standard InChI is InChI=1S/C16H21F3N2/c17-16(18,19)14-6-2-12(3-7-14)10-21-9-1-8-20-15(11-21)13-4-5-13/h2-3,6-7,13,15,20H,1,4-5,8-11H2. The molecule has 0 spiro atoms. The molecule has 1 heterocycles. The summed E-state index contributed by atoms with van der Waals surface area (Å²) in [6, 6.07) is 6.13. The molecular formula is C16H21F3N2. The summed E-state index contributed by atoms with van der Waals surface area (Å²) in [5, 5.41) is 3.60. The number of rotatable bonds is 3. The molecule has 1 saturated heterocycles. The van der Waals surface area contributed by atoms with Crippen LogP contribution in [0.25, 0.3) is 0 Å². The van der Waals surface area contributed by atoms with Gasteiger partial charge in [-0.3, -0.25) is 4.90 Å². The minimum atomic E-state index is -4.25. The van der Waals surface area contributed by atoms with Crippen LogP contribution < -0.4 is 5.32 Å². The summed E-state index contributed by atoms with van der Waals surface area (Å²) < 4.78 is 37.7. The van der Waals surface area contributed by atoms with Crippen molar-refractivity contribution >= 4 is 0 Å². The van der Waals surface area contributed by atoms with E-state index >= 15 is 0 Å². The van der Waals surface area contributed by atoms with Gasteiger partial charge in [-0.15, -0.1) is 0 Å². The van der Waals surface area contributed by atoms with Crippen molar-refractivity contribution in [3.63, 3.8) is 0 Å². The molecular weight excluding hydrogens is 277 g/mol. The Balaban J connectivity index is 1.62. The van der Waals surface area contributed by atoms with Crippen LogP contribution in [0, 0.1) is 5.92 Å². The fraction of sp³-hybridized carbons (Fsp3) is 0.625. The second-order valence-corrected chi connectivity index (χ2v) is 6.18. The number of nitrogens with one attached hydrogen (secondary N) is 1. The molecule has 2 aliphatic rings. The number of hydrogen-bond acceptors (Lipinski definition) is 2. The van der Waals surface area contributed by atoms with Crippen molar-refractivity contribution in [1.82, 2.24) is 10.2 Å². The lowest BCUT2D eigenvalue weighted by molar-refractivity contribution is -0.137. The molecule has 1 aromatic rings. The molecule has 116 valence electrons. The van der Waals surface area contributed by atoms with Crippen molar-refractivity contribution < 1.29 is 13.2 Å². The number of alkyl halides is 3. The molecule has 2 nitrogen and oxygen atoms in total. The third kappa shape index (κ3) is 3.98. The number of benzene rings is 1. The van der Waals surface area contributed by atoms with Crippen molar-refractivity contribution in [2.45, 2.75) is 38.0 Å². The number of nitrogens with zero attached hydrogens (tertiary/aromatic N) is 1. The fourth-order valence-electron chi connectivity index (χ4n) is 3.04. The van der Waals surface area contributed by atoms with E-state index in [1.165, 1.54) is 25.0 Å². The summed E-state index contributed by atoms with van der Waals surface area (Å²) >= 11 is 0. The summed E-state index contributed by atoms with van der Waals surface area (Å²) in [6.45, 7) is 3.80. The van der Waals surface area contributed by atoms with Gasteiger partial charge < -0.3 is 5.32 Å². The first kappa shape index (κ1) is 14.9. The Hall–Kier alpha value is -1.07. The smallest absolute Gasteiger partial charge is 0.312 e. The number of halogens is 3. The van der Waals surface area contributed by atoms with Gasteiger partial charge in [0.2, 0.25) is 0 Å². The van der Waals surface area contributed by atoms with Crippen LogP contribution in [0.2, 0.25) is 0 Å². The lowest BCUT2D eigenvalue weighted by Crippen LogP contribution is -2.38. The highest BCUT2D eigenvalue weighted by Crippen LogP contribution is 2.34.